The van der Waals surface area contributed by atoms with Gasteiger partial charge in [-0.15, -0.1) is 11.3 Å². The molecule has 0 radical (unpaired) electrons. The first kappa shape index (κ1) is 22.4. The van der Waals surface area contributed by atoms with Gasteiger partial charge in [0.05, 0.1) is 5.69 Å². The van der Waals surface area contributed by atoms with Crippen LogP contribution in [0.4, 0.5) is 9.93 Å². The van der Waals surface area contributed by atoms with Crippen LogP contribution in [0.5, 0.6) is 5.75 Å². The molecule has 0 saturated heterocycles. The van der Waals surface area contributed by atoms with Crippen LogP contribution in [-0.2, 0) is 12.0 Å². The maximum atomic E-state index is 12.2. The van der Waals surface area contributed by atoms with E-state index in [0.29, 0.717) is 10.9 Å². The number of hydrogen-bond donors (Lipinski definition) is 3. The number of carbonyl (C=O) groups excluding carboxylic acids is 1. The third kappa shape index (κ3) is 7.24. The molecule has 1 aromatic heterocycles. The highest BCUT2D eigenvalue weighted by Crippen LogP contribution is 2.26. The molecule has 0 spiro atoms. The predicted molar refractivity (Wildman–Crippen MR) is 119 cm³/mol. The molecule has 0 bridgehead atoms. The van der Waals surface area contributed by atoms with Gasteiger partial charge in [-0.2, -0.15) is 0 Å². The van der Waals surface area contributed by atoms with Crippen molar-refractivity contribution in [3.63, 3.8) is 0 Å². The molecule has 0 aliphatic heterocycles. The Hall–Kier alpha value is -2.84. The SMILES string of the molecule is C=C(Cl)N=C(/C=C\N)Oc1ccccc1CNC(=O)Nc1nc(C(C)(C)C)cs1. The lowest BCUT2D eigenvalue weighted by atomic mass is 9.93. The van der Waals surface area contributed by atoms with Gasteiger partial charge in [0.15, 0.2) is 5.13 Å². The molecule has 0 aliphatic carbocycles. The molecule has 29 heavy (non-hydrogen) atoms. The number of amides is 2. The standard InChI is InChI=1S/C20H24ClN5O2S/c1-13(21)24-17(9-10-22)28-15-8-6-5-7-14(15)11-23-18(27)26-19-25-16(12-29-19)20(2,3)4/h5-10,12H,1,11,22H2,2-4H3,(H2,23,25,26,27)/b10-9-,24-17?. The second-order valence-electron chi connectivity index (χ2n) is 6.99. The zero-order chi connectivity index (χ0) is 21.4. The number of nitrogens with zero attached hydrogens (tertiary/aromatic N) is 2. The minimum absolute atomic E-state index is 0.0613. The number of thiazole rings is 1. The molecule has 0 atom stereocenters. The first-order chi connectivity index (χ1) is 13.7. The first-order valence-electron chi connectivity index (χ1n) is 8.77. The van der Waals surface area contributed by atoms with E-state index in [0.717, 1.165) is 11.3 Å². The number of rotatable bonds is 6. The number of carbonyl (C=O) groups is 1. The third-order valence-electron chi connectivity index (χ3n) is 3.59. The van der Waals surface area contributed by atoms with Gasteiger partial charge in [-0.25, -0.2) is 14.8 Å². The number of nitrogens with one attached hydrogen (secondary N) is 2. The van der Waals surface area contributed by atoms with Gasteiger partial charge in [0.25, 0.3) is 0 Å². The Morgan fingerprint density at radius 1 is 1.41 bits per heavy atom. The number of hydrogen-bond acceptors (Lipinski definition) is 6. The molecule has 0 unspecified atom stereocenters. The lowest BCUT2D eigenvalue weighted by Gasteiger charge is -2.14. The predicted octanol–water partition coefficient (Wildman–Crippen LogP) is 4.72. The largest absolute Gasteiger partial charge is 0.439 e. The van der Waals surface area contributed by atoms with Gasteiger partial charge in [0, 0.05) is 29.0 Å². The van der Waals surface area contributed by atoms with E-state index < -0.39 is 0 Å². The topological polar surface area (TPSA) is 102 Å². The Balaban J connectivity index is 2.03. The van der Waals surface area contributed by atoms with E-state index in [4.69, 9.17) is 22.1 Å². The highest BCUT2D eigenvalue weighted by atomic mass is 35.5. The number of aromatic nitrogens is 1. The Kier molecular flexibility index (Phi) is 7.81. The summed E-state index contributed by atoms with van der Waals surface area (Å²) >= 11 is 7.10. The summed E-state index contributed by atoms with van der Waals surface area (Å²) < 4.78 is 5.74. The highest BCUT2D eigenvalue weighted by Gasteiger charge is 2.18. The molecule has 9 heteroatoms. The van der Waals surface area contributed by atoms with Crippen LogP contribution in [0.15, 0.2) is 58.6 Å². The Bertz CT molecular complexity index is 931. The number of para-hydroxylation sites is 1. The number of urea groups is 1. The van der Waals surface area contributed by atoms with Gasteiger partial charge in [0.2, 0.25) is 5.90 Å². The second kappa shape index (κ2) is 10.1. The molecule has 154 valence electrons. The van der Waals surface area contributed by atoms with Crippen molar-refractivity contribution in [3.8, 4) is 5.75 Å². The average Bonchev–Trinajstić information content (AvgIpc) is 3.09. The van der Waals surface area contributed by atoms with Crippen molar-refractivity contribution in [1.29, 1.82) is 0 Å². The molecular weight excluding hydrogens is 410 g/mol. The van der Waals surface area contributed by atoms with Crippen LogP contribution in [0.3, 0.4) is 0 Å². The maximum absolute atomic E-state index is 12.2. The van der Waals surface area contributed by atoms with Gasteiger partial charge >= 0.3 is 6.03 Å². The summed E-state index contributed by atoms with van der Waals surface area (Å²) in [5.41, 5.74) is 7.01. The molecule has 1 aromatic carbocycles. The normalized spacial score (nSPS) is 12.1. The summed E-state index contributed by atoms with van der Waals surface area (Å²) in [4.78, 5) is 20.7. The summed E-state index contributed by atoms with van der Waals surface area (Å²) in [5, 5.41) is 8.08. The minimum Gasteiger partial charge on any atom is -0.439 e. The Labute approximate surface area is 179 Å². The Morgan fingerprint density at radius 3 is 2.76 bits per heavy atom. The monoisotopic (exact) mass is 433 g/mol. The molecule has 7 nitrogen and oxygen atoms in total. The van der Waals surface area contributed by atoms with Crippen LogP contribution in [-0.4, -0.2) is 16.9 Å². The van der Waals surface area contributed by atoms with Crippen LogP contribution >= 0.6 is 22.9 Å². The quantitative estimate of drug-likeness (QED) is 0.348. The number of ether oxygens (including phenoxy) is 1. The van der Waals surface area contributed by atoms with Crippen LogP contribution in [0.1, 0.15) is 32.0 Å². The summed E-state index contributed by atoms with van der Waals surface area (Å²) in [6, 6.07) is 6.87. The number of benzene rings is 1. The number of halogens is 1. The zero-order valence-corrected chi connectivity index (χ0v) is 18.1. The first-order valence-corrected chi connectivity index (χ1v) is 10.0. The van der Waals surface area contributed by atoms with Gasteiger partial charge in [-0.1, -0.05) is 57.2 Å². The van der Waals surface area contributed by atoms with E-state index in [9.17, 15) is 4.79 Å². The third-order valence-corrected chi connectivity index (χ3v) is 4.43. The van der Waals surface area contributed by atoms with Crippen LogP contribution in [0.2, 0.25) is 0 Å². The minimum atomic E-state index is -0.362. The van der Waals surface area contributed by atoms with Crippen molar-refractivity contribution in [3.05, 3.63) is 64.9 Å². The molecule has 0 fully saturated rings. The fraction of sp³-hybridized carbons (Fsp3) is 0.250. The van der Waals surface area contributed by atoms with Crippen molar-refractivity contribution >= 4 is 40.0 Å². The fourth-order valence-corrected chi connectivity index (χ4v) is 3.17. The fourth-order valence-electron chi connectivity index (χ4n) is 2.15. The number of aliphatic imine (C=N–C) groups is 1. The smallest absolute Gasteiger partial charge is 0.321 e. The molecule has 1 heterocycles. The maximum Gasteiger partial charge on any atom is 0.321 e. The molecule has 0 aliphatic rings. The number of nitrogens with two attached hydrogens (primary N) is 1. The van der Waals surface area contributed by atoms with Crippen LogP contribution in [0.25, 0.3) is 0 Å². The van der Waals surface area contributed by atoms with E-state index in [2.05, 4.69) is 48.0 Å². The average molecular weight is 434 g/mol. The van der Waals surface area contributed by atoms with Crippen molar-refractivity contribution in [2.24, 2.45) is 10.7 Å². The lowest BCUT2D eigenvalue weighted by molar-refractivity contribution is 0.251. The van der Waals surface area contributed by atoms with Gasteiger partial charge in [-0.05, 0) is 12.3 Å². The summed E-state index contributed by atoms with van der Waals surface area (Å²) in [6.45, 7) is 9.96. The lowest BCUT2D eigenvalue weighted by Crippen LogP contribution is -2.28. The molecule has 2 amide bonds. The molecule has 2 aromatic rings. The molecule has 2 rings (SSSR count). The highest BCUT2D eigenvalue weighted by molar-refractivity contribution is 7.13. The van der Waals surface area contributed by atoms with Crippen molar-refractivity contribution in [1.82, 2.24) is 10.3 Å². The van der Waals surface area contributed by atoms with Gasteiger partial charge < -0.3 is 15.8 Å². The van der Waals surface area contributed by atoms with Crippen molar-refractivity contribution in [2.45, 2.75) is 32.7 Å². The molecule has 0 saturated carbocycles. The second-order valence-corrected chi connectivity index (χ2v) is 8.29. The molecular formula is C20H24ClN5O2S. The zero-order valence-electron chi connectivity index (χ0n) is 16.5. The van der Waals surface area contributed by atoms with E-state index in [-0.39, 0.29) is 29.0 Å². The Morgan fingerprint density at radius 2 is 2.14 bits per heavy atom. The van der Waals surface area contributed by atoms with Gasteiger partial charge in [0.1, 0.15) is 10.9 Å². The van der Waals surface area contributed by atoms with E-state index in [1.807, 2.05) is 23.6 Å². The summed E-state index contributed by atoms with van der Waals surface area (Å²) in [7, 11) is 0. The van der Waals surface area contributed by atoms with E-state index >= 15 is 0 Å². The van der Waals surface area contributed by atoms with E-state index in [1.54, 1.807) is 6.07 Å². The van der Waals surface area contributed by atoms with Crippen LogP contribution < -0.4 is 21.1 Å². The summed E-state index contributed by atoms with van der Waals surface area (Å²) in [6.07, 6.45) is 2.74. The molecule has 4 N–H and O–H groups in total. The summed E-state index contributed by atoms with van der Waals surface area (Å²) in [5.74, 6) is 0.689. The van der Waals surface area contributed by atoms with Gasteiger partial charge in [-0.3, -0.25) is 5.32 Å². The number of anilines is 1. The van der Waals surface area contributed by atoms with Crippen LogP contribution in [0, 0.1) is 0 Å². The van der Waals surface area contributed by atoms with Crippen molar-refractivity contribution in [2.75, 3.05) is 5.32 Å². The van der Waals surface area contributed by atoms with Crippen molar-refractivity contribution < 1.29 is 9.53 Å². The van der Waals surface area contributed by atoms with E-state index in [1.165, 1.54) is 23.6 Å².